The minimum atomic E-state index is -5.08. The van der Waals surface area contributed by atoms with Gasteiger partial charge in [-0.2, -0.15) is 17.5 Å². The molecule has 35 heavy (non-hydrogen) atoms. The van der Waals surface area contributed by atoms with Crippen molar-refractivity contribution in [1.82, 2.24) is 19.3 Å². The molecule has 4 aromatic rings. The zero-order valence-corrected chi connectivity index (χ0v) is 18.8. The molecule has 0 saturated carbocycles. The van der Waals surface area contributed by atoms with Crippen LogP contribution >= 0.6 is 0 Å². The molecule has 0 radical (unpaired) electrons. The van der Waals surface area contributed by atoms with Gasteiger partial charge in [0.25, 0.3) is 0 Å². The Morgan fingerprint density at radius 2 is 1.66 bits per heavy atom. The van der Waals surface area contributed by atoms with E-state index in [-0.39, 0.29) is 0 Å². The number of aromatic nitrogens is 3. The number of carboxylic acid groups (broad SMARTS) is 1. The third-order valence-electron chi connectivity index (χ3n) is 5.46. The number of nitrogens with one attached hydrogen (secondary N) is 1. The number of carbonyl (C=O) groups is 1. The molecule has 0 unspecified atom stereocenters. The molecule has 5 rings (SSSR count). The molecule has 0 saturated heterocycles. The third kappa shape index (κ3) is 5.17. The van der Waals surface area contributed by atoms with Gasteiger partial charge in [0, 0.05) is 30.2 Å². The number of nitrogens with zero attached hydrogens (tertiary/aromatic N) is 3. The first-order valence-electron chi connectivity index (χ1n) is 10.3. The minimum absolute atomic E-state index is 0.301. The van der Waals surface area contributed by atoms with Crippen molar-refractivity contribution in [3.05, 3.63) is 78.2 Å². The molecule has 0 bridgehead atoms. The number of hydrogen-bond donors (Lipinski definition) is 2. The van der Waals surface area contributed by atoms with Crippen LogP contribution in [0.5, 0.6) is 0 Å². The van der Waals surface area contributed by atoms with Crippen LogP contribution in [0.15, 0.2) is 72.0 Å². The molecular formula is C23H19F3N4O4S. The van der Waals surface area contributed by atoms with Gasteiger partial charge in [-0.15, -0.1) is 0 Å². The first kappa shape index (κ1) is 24.4. The highest BCUT2D eigenvalue weighted by molar-refractivity contribution is 7.89. The summed E-state index contributed by atoms with van der Waals surface area (Å²) in [5.74, 6) is -2.76. The lowest BCUT2D eigenvalue weighted by Gasteiger charge is -2.28. The molecule has 0 aliphatic carbocycles. The van der Waals surface area contributed by atoms with E-state index in [9.17, 15) is 21.6 Å². The molecule has 1 aliphatic rings. The number of aliphatic carboxylic acids is 1. The van der Waals surface area contributed by atoms with Gasteiger partial charge in [-0.1, -0.05) is 36.4 Å². The van der Waals surface area contributed by atoms with E-state index in [2.05, 4.69) is 21.0 Å². The van der Waals surface area contributed by atoms with Crippen LogP contribution in [0.3, 0.4) is 0 Å². The van der Waals surface area contributed by atoms with Gasteiger partial charge in [-0.05, 0) is 35.7 Å². The monoisotopic (exact) mass is 504 g/mol. The molecule has 3 heterocycles. The largest absolute Gasteiger partial charge is 0.490 e. The van der Waals surface area contributed by atoms with Crippen molar-refractivity contribution < 1.29 is 31.5 Å². The predicted octanol–water partition coefficient (Wildman–Crippen LogP) is 4.01. The molecule has 2 N–H and O–H groups in total. The summed E-state index contributed by atoms with van der Waals surface area (Å²) in [6.07, 6.45) is -1.03. The first-order chi connectivity index (χ1) is 16.6. The number of alkyl halides is 3. The number of aromatic amines is 1. The van der Waals surface area contributed by atoms with Gasteiger partial charge in [0.15, 0.2) is 0 Å². The number of benzene rings is 2. The second kappa shape index (κ2) is 9.47. The SMILES string of the molecule is O=C(O)C(F)(F)F.O=S(=O)(c1ccc(-c2ncnc3[nH]ccc23)cc1)N1CCc2ccccc2C1. The average molecular weight is 504 g/mol. The standard InChI is InChI=1S/C21H18N4O2S.C2HF3O2/c26-28(27,25-12-10-15-3-1-2-4-17(15)13-25)18-7-5-16(6-8-18)20-19-9-11-22-21(19)24-14-23-20;3-2(4,5)1(6)7/h1-9,11,14H,10,12-13H2,(H,22,23,24);(H,6,7). The fourth-order valence-electron chi connectivity index (χ4n) is 3.71. The molecule has 0 spiro atoms. The number of H-pyrrole nitrogens is 1. The molecule has 0 amide bonds. The number of rotatable bonds is 3. The van der Waals surface area contributed by atoms with Crippen LogP contribution in [-0.2, 0) is 27.8 Å². The van der Waals surface area contributed by atoms with Crippen LogP contribution in [0.4, 0.5) is 13.2 Å². The summed E-state index contributed by atoms with van der Waals surface area (Å²) in [6, 6.07) is 16.9. The highest BCUT2D eigenvalue weighted by Crippen LogP contribution is 2.28. The maximum atomic E-state index is 13.1. The molecular weight excluding hydrogens is 485 g/mol. The van der Waals surface area contributed by atoms with Gasteiger partial charge >= 0.3 is 12.1 Å². The predicted molar refractivity (Wildman–Crippen MR) is 121 cm³/mol. The zero-order chi connectivity index (χ0) is 25.2. The molecule has 1 aliphatic heterocycles. The summed E-state index contributed by atoms with van der Waals surface area (Å²) in [7, 11) is -3.54. The lowest BCUT2D eigenvalue weighted by atomic mass is 10.0. The highest BCUT2D eigenvalue weighted by atomic mass is 32.2. The van der Waals surface area contributed by atoms with E-state index in [1.165, 1.54) is 11.9 Å². The van der Waals surface area contributed by atoms with Crippen LogP contribution in [0.1, 0.15) is 11.1 Å². The quantitative estimate of drug-likeness (QED) is 0.436. The first-order valence-corrected chi connectivity index (χ1v) is 11.8. The Bertz CT molecular complexity index is 1470. The Hall–Kier alpha value is -3.77. The van der Waals surface area contributed by atoms with Crippen LogP contribution in [-0.4, -0.2) is 51.5 Å². The van der Waals surface area contributed by atoms with E-state index in [0.29, 0.717) is 18.0 Å². The van der Waals surface area contributed by atoms with E-state index < -0.39 is 22.2 Å². The van der Waals surface area contributed by atoms with Crippen LogP contribution in [0.2, 0.25) is 0 Å². The number of hydrogen-bond acceptors (Lipinski definition) is 5. The van der Waals surface area contributed by atoms with Crippen molar-refractivity contribution in [2.45, 2.75) is 24.0 Å². The maximum absolute atomic E-state index is 13.1. The smallest absolute Gasteiger partial charge is 0.475 e. The second-order valence-corrected chi connectivity index (χ2v) is 9.58. The molecule has 8 nitrogen and oxygen atoms in total. The Balaban J connectivity index is 0.000000364. The van der Waals surface area contributed by atoms with Crippen molar-refractivity contribution in [2.75, 3.05) is 6.54 Å². The van der Waals surface area contributed by atoms with Crippen molar-refractivity contribution in [1.29, 1.82) is 0 Å². The molecule has 2 aromatic heterocycles. The molecule has 182 valence electrons. The van der Waals surface area contributed by atoms with E-state index in [1.54, 1.807) is 28.6 Å². The topological polar surface area (TPSA) is 116 Å². The van der Waals surface area contributed by atoms with Crippen molar-refractivity contribution in [3.8, 4) is 11.3 Å². The number of sulfonamides is 1. The zero-order valence-electron chi connectivity index (χ0n) is 18.0. The van der Waals surface area contributed by atoms with E-state index in [4.69, 9.17) is 9.90 Å². The summed E-state index contributed by atoms with van der Waals surface area (Å²) in [5, 5.41) is 8.03. The van der Waals surface area contributed by atoms with Crippen LogP contribution in [0.25, 0.3) is 22.3 Å². The second-order valence-electron chi connectivity index (χ2n) is 7.65. The number of fused-ring (bicyclic) bond motifs is 2. The summed E-state index contributed by atoms with van der Waals surface area (Å²) in [5.41, 5.74) is 4.69. The molecule has 0 fully saturated rings. The van der Waals surface area contributed by atoms with E-state index >= 15 is 0 Å². The lowest BCUT2D eigenvalue weighted by Crippen LogP contribution is -2.35. The van der Waals surface area contributed by atoms with Crippen molar-refractivity contribution >= 4 is 27.0 Å². The fraction of sp³-hybridized carbons (Fsp3) is 0.174. The normalized spacial score (nSPS) is 14.1. The summed E-state index contributed by atoms with van der Waals surface area (Å²) in [6.45, 7) is 0.910. The minimum Gasteiger partial charge on any atom is -0.475 e. The van der Waals surface area contributed by atoms with Crippen molar-refractivity contribution in [2.24, 2.45) is 0 Å². The lowest BCUT2D eigenvalue weighted by molar-refractivity contribution is -0.192. The van der Waals surface area contributed by atoms with Gasteiger partial charge in [0.1, 0.15) is 12.0 Å². The molecule has 12 heteroatoms. The summed E-state index contributed by atoms with van der Waals surface area (Å²) < 4.78 is 59.5. The molecule has 0 atom stereocenters. The van der Waals surface area contributed by atoms with E-state index in [1.807, 2.05) is 30.5 Å². The Morgan fingerprint density at radius 1 is 1.00 bits per heavy atom. The Labute approximate surface area is 198 Å². The van der Waals surface area contributed by atoms with Gasteiger partial charge in [-0.25, -0.2) is 23.2 Å². The highest BCUT2D eigenvalue weighted by Gasteiger charge is 2.38. The number of halogens is 3. The van der Waals surface area contributed by atoms with Gasteiger partial charge in [-0.3, -0.25) is 0 Å². The maximum Gasteiger partial charge on any atom is 0.490 e. The van der Waals surface area contributed by atoms with Gasteiger partial charge in [0.2, 0.25) is 10.0 Å². The van der Waals surface area contributed by atoms with Crippen molar-refractivity contribution in [3.63, 3.8) is 0 Å². The fourth-order valence-corrected chi connectivity index (χ4v) is 5.13. The van der Waals surface area contributed by atoms with Crippen LogP contribution in [0, 0.1) is 0 Å². The Kier molecular flexibility index (Phi) is 6.59. The summed E-state index contributed by atoms with van der Waals surface area (Å²) >= 11 is 0. The average Bonchev–Trinajstić information content (AvgIpc) is 3.33. The summed E-state index contributed by atoms with van der Waals surface area (Å²) in [4.78, 5) is 20.8. The number of carboxylic acids is 1. The molecule has 2 aromatic carbocycles. The van der Waals surface area contributed by atoms with E-state index in [0.717, 1.165) is 34.3 Å². The Morgan fingerprint density at radius 3 is 2.31 bits per heavy atom. The van der Waals surface area contributed by atoms with Crippen LogP contribution < -0.4 is 0 Å². The van der Waals surface area contributed by atoms with Gasteiger partial charge < -0.3 is 10.1 Å². The third-order valence-corrected chi connectivity index (χ3v) is 7.32. The van der Waals surface area contributed by atoms with Gasteiger partial charge in [0.05, 0.1) is 10.6 Å².